The van der Waals surface area contributed by atoms with Gasteiger partial charge in [-0.25, -0.2) is 4.79 Å². The van der Waals surface area contributed by atoms with Crippen LogP contribution in [0.1, 0.15) is 22.8 Å². The number of fused-ring (bicyclic) bond motifs is 3. The van der Waals surface area contributed by atoms with Crippen LogP contribution in [0.15, 0.2) is 42.5 Å². The summed E-state index contributed by atoms with van der Waals surface area (Å²) in [4.78, 5) is 12.5. The van der Waals surface area contributed by atoms with Crippen molar-refractivity contribution in [2.24, 2.45) is 0 Å². The molecule has 3 aromatic rings. The lowest BCUT2D eigenvalue weighted by Crippen LogP contribution is -2.08. The van der Waals surface area contributed by atoms with Gasteiger partial charge in [-0.2, -0.15) is 5.26 Å². The number of methoxy groups -OCH3 is 1. The van der Waals surface area contributed by atoms with Crippen LogP contribution in [0.4, 0.5) is 0 Å². The SMILES string of the molecule is CCOc1ccc(-c2c(CC#N)c(C(=O)OC)cc3ccc4c(c23)OCO4)cc1. The molecule has 0 aliphatic carbocycles. The smallest absolute Gasteiger partial charge is 0.338 e. The standard InChI is InChI=1S/C23H19NO5/c1-3-27-16-7-4-14(5-8-16)20-17(10-11-24)18(23(25)26-2)12-15-6-9-19-22(21(15)20)29-13-28-19/h4-9,12H,3,10,13H2,1-2H3. The average molecular weight is 389 g/mol. The third kappa shape index (κ3) is 3.21. The number of nitriles is 1. The van der Waals surface area contributed by atoms with Crippen molar-refractivity contribution >= 4 is 16.7 Å². The van der Waals surface area contributed by atoms with Gasteiger partial charge in [0.05, 0.1) is 31.8 Å². The molecule has 0 atom stereocenters. The van der Waals surface area contributed by atoms with Gasteiger partial charge in [-0.15, -0.1) is 0 Å². The van der Waals surface area contributed by atoms with E-state index in [2.05, 4.69) is 6.07 Å². The molecule has 4 rings (SSSR count). The molecule has 29 heavy (non-hydrogen) atoms. The number of ether oxygens (including phenoxy) is 4. The Bertz CT molecular complexity index is 1130. The summed E-state index contributed by atoms with van der Waals surface area (Å²) < 4.78 is 21.8. The molecule has 0 N–H and O–H groups in total. The number of carbonyl (C=O) groups is 1. The van der Waals surface area contributed by atoms with E-state index in [4.69, 9.17) is 18.9 Å². The summed E-state index contributed by atoms with van der Waals surface area (Å²) in [5, 5.41) is 11.1. The molecule has 0 radical (unpaired) electrons. The van der Waals surface area contributed by atoms with Gasteiger partial charge in [0, 0.05) is 5.39 Å². The van der Waals surface area contributed by atoms with Gasteiger partial charge in [-0.1, -0.05) is 18.2 Å². The Hall–Kier alpha value is -3.72. The summed E-state index contributed by atoms with van der Waals surface area (Å²) in [6.45, 7) is 2.62. The zero-order valence-corrected chi connectivity index (χ0v) is 16.2. The Balaban J connectivity index is 2.07. The molecule has 3 aromatic carbocycles. The summed E-state index contributed by atoms with van der Waals surface area (Å²) in [6.07, 6.45) is 0.0491. The van der Waals surface area contributed by atoms with Gasteiger partial charge < -0.3 is 18.9 Å². The maximum Gasteiger partial charge on any atom is 0.338 e. The van der Waals surface area contributed by atoms with Crippen LogP contribution in [0.2, 0.25) is 0 Å². The molecule has 146 valence electrons. The fourth-order valence-electron chi connectivity index (χ4n) is 3.65. The second-order valence-corrected chi connectivity index (χ2v) is 6.46. The van der Waals surface area contributed by atoms with Crippen molar-refractivity contribution in [3.63, 3.8) is 0 Å². The maximum absolute atomic E-state index is 12.5. The van der Waals surface area contributed by atoms with Crippen LogP contribution in [0, 0.1) is 11.3 Å². The first-order chi connectivity index (χ1) is 14.2. The van der Waals surface area contributed by atoms with Gasteiger partial charge in [-0.3, -0.25) is 0 Å². The highest BCUT2D eigenvalue weighted by atomic mass is 16.7. The van der Waals surface area contributed by atoms with Crippen molar-refractivity contribution in [2.45, 2.75) is 13.3 Å². The number of nitrogens with zero attached hydrogens (tertiary/aromatic N) is 1. The van der Waals surface area contributed by atoms with Gasteiger partial charge in [0.25, 0.3) is 0 Å². The summed E-state index contributed by atoms with van der Waals surface area (Å²) in [7, 11) is 1.33. The van der Waals surface area contributed by atoms with Gasteiger partial charge >= 0.3 is 5.97 Å². The predicted octanol–water partition coefficient (Wildman–Crippen LogP) is 4.49. The normalized spacial score (nSPS) is 11.9. The molecule has 0 saturated carbocycles. The molecule has 0 bridgehead atoms. The predicted molar refractivity (Wildman–Crippen MR) is 107 cm³/mol. The van der Waals surface area contributed by atoms with E-state index in [-0.39, 0.29) is 13.2 Å². The molecule has 1 aliphatic heterocycles. The van der Waals surface area contributed by atoms with Crippen molar-refractivity contribution in [1.82, 2.24) is 0 Å². The minimum atomic E-state index is -0.484. The van der Waals surface area contributed by atoms with Gasteiger partial charge in [0.15, 0.2) is 11.5 Å². The van der Waals surface area contributed by atoms with Crippen LogP contribution in [-0.4, -0.2) is 26.5 Å². The van der Waals surface area contributed by atoms with E-state index in [1.807, 2.05) is 43.3 Å². The molecule has 0 amide bonds. The third-order valence-electron chi connectivity index (χ3n) is 4.86. The maximum atomic E-state index is 12.5. The van der Waals surface area contributed by atoms with Crippen molar-refractivity contribution in [2.75, 3.05) is 20.5 Å². The number of benzene rings is 3. The highest BCUT2D eigenvalue weighted by Crippen LogP contribution is 2.46. The van der Waals surface area contributed by atoms with E-state index in [0.717, 1.165) is 27.6 Å². The van der Waals surface area contributed by atoms with E-state index < -0.39 is 5.97 Å². The average Bonchev–Trinajstić information content (AvgIpc) is 3.23. The van der Waals surface area contributed by atoms with E-state index >= 15 is 0 Å². The van der Waals surface area contributed by atoms with E-state index in [9.17, 15) is 10.1 Å². The highest BCUT2D eigenvalue weighted by Gasteiger charge is 2.26. The quantitative estimate of drug-likeness (QED) is 0.599. The zero-order chi connectivity index (χ0) is 20.4. The minimum Gasteiger partial charge on any atom is -0.494 e. The molecule has 6 nitrogen and oxygen atoms in total. The second-order valence-electron chi connectivity index (χ2n) is 6.46. The molecule has 1 heterocycles. The Morgan fingerprint density at radius 1 is 1.17 bits per heavy atom. The second kappa shape index (κ2) is 7.72. The van der Waals surface area contributed by atoms with Crippen molar-refractivity contribution in [3.05, 3.63) is 53.6 Å². The number of carbonyl (C=O) groups excluding carboxylic acids is 1. The number of hydrogen-bond acceptors (Lipinski definition) is 6. The van der Waals surface area contributed by atoms with Crippen LogP contribution >= 0.6 is 0 Å². The number of hydrogen-bond donors (Lipinski definition) is 0. The first-order valence-electron chi connectivity index (χ1n) is 9.24. The Labute approximate surface area is 168 Å². The highest BCUT2D eigenvalue weighted by molar-refractivity contribution is 6.09. The molecule has 1 aliphatic rings. The molecule has 6 heteroatoms. The molecule has 0 unspecified atom stereocenters. The van der Waals surface area contributed by atoms with E-state index in [1.165, 1.54) is 7.11 Å². The Morgan fingerprint density at radius 2 is 1.97 bits per heavy atom. The Kier molecular flexibility index (Phi) is 4.96. The van der Waals surface area contributed by atoms with E-state index in [0.29, 0.717) is 29.2 Å². The first-order valence-corrected chi connectivity index (χ1v) is 9.24. The van der Waals surface area contributed by atoms with Gasteiger partial charge in [0.2, 0.25) is 6.79 Å². The number of esters is 1. The van der Waals surface area contributed by atoms with Crippen molar-refractivity contribution < 1.29 is 23.7 Å². The molecule has 0 aromatic heterocycles. The molecule has 0 saturated heterocycles. The molecular weight excluding hydrogens is 370 g/mol. The topological polar surface area (TPSA) is 77.8 Å². The first kappa shape index (κ1) is 18.6. The van der Waals surface area contributed by atoms with Crippen LogP contribution < -0.4 is 14.2 Å². The molecular formula is C23H19NO5. The molecule has 0 spiro atoms. The lowest BCUT2D eigenvalue weighted by atomic mass is 9.87. The molecule has 0 fully saturated rings. The summed E-state index contributed by atoms with van der Waals surface area (Å²) >= 11 is 0. The lowest BCUT2D eigenvalue weighted by molar-refractivity contribution is 0.0600. The van der Waals surface area contributed by atoms with Crippen LogP contribution in [-0.2, 0) is 11.2 Å². The fourth-order valence-corrected chi connectivity index (χ4v) is 3.65. The van der Waals surface area contributed by atoms with E-state index in [1.54, 1.807) is 6.07 Å². The summed E-state index contributed by atoms with van der Waals surface area (Å²) in [6, 6.07) is 15.2. The number of rotatable bonds is 5. The zero-order valence-electron chi connectivity index (χ0n) is 16.2. The van der Waals surface area contributed by atoms with Crippen LogP contribution in [0.25, 0.3) is 21.9 Å². The van der Waals surface area contributed by atoms with Crippen molar-refractivity contribution in [3.8, 4) is 34.4 Å². The van der Waals surface area contributed by atoms with Crippen molar-refractivity contribution in [1.29, 1.82) is 5.26 Å². The van der Waals surface area contributed by atoms with Crippen LogP contribution in [0.3, 0.4) is 0 Å². The summed E-state index contributed by atoms with van der Waals surface area (Å²) in [5.74, 6) is 1.51. The van der Waals surface area contributed by atoms with Crippen LogP contribution in [0.5, 0.6) is 17.2 Å². The van der Waals surface area contributed by atoms with Gasteiger partial charge in [0.1, 0.15) is 5.75 Å². The Morgan fingerprint density at radius 3 is 2.66 bits per heavy atom. The fraction of sp³-hybridized carbons (Fsp3) is 0.217. The minimum absolute atomic E-state index is 0.0491. The lowest BCUT2D eigenvalue weighted by Gasteiger charge is -2.17. The third-order valence-corrected chi connectivity index (χ3v) is 4.86. The monoisotopic (exact) mass is 389 g/mol. The largest absolute Gasteiger partial charge is 0.494 e. The van der Waals surface area contributed by atoms with Gasteiger partial charge in [-0.05, 0) is 53.3 Å². The summed E-state index contributed by atoms with van der Waals surface area (Å²) in [5.41, 5.74) is 2.57.